The van der Waals surface area contributed by atoms with E-state index in [-0.39, 0.29) is 23.4 Å². The van der Waals surface area contributed by atoms with Crippen LogP contribution in [0, 0.1) is 0 Å². The molecule has 0 saturated carbocycles. The van der Waals surface area contributed by atoms with Crippen molar-refractivity contribution in [2.24, 2.45) is 14.1 Å². The van der Waals surface area contributed by atoms with E-state index >= 15 is 0 Å². The second kappa shape index (κ2) is 6.63. The van der Waals surface area contributed by atoms with Crippen LogP contribution >= 0.6 is 0 Å². The van der Waals surface area contributed by atoms with E-state index in [2.05, 4.69) is 0 Å². The Balaban J connectivity index is 0.00000392. The predicted molar refractivity (Wildman–Crippen MR) is 68.9 cm³/mol. The highest BCUT2D eigenvalue weighted by Gasteiger charge is 2.89. The minimum Gasteiger partial charge on any atom is -1.00 e. The lowest BCUT2D eigenvalue weighted by atomic mass is 9.97. The second-order valence-electron chi connectivity index (χ2n) is 5.73. The molecule has 1 aromatic carbocycles. The van der Waals surface area contributed by atoms with E-state index in [9.17, 15) is 48.3 Å². The van der Waals surface area contributed by atoms with E-state index in [1.165, 1.54) is 12.1 Å². The Bertz CT molecular complexity index is 831. The molecule has 2 rings (SSSR count). The lowest BCUT2D eigenvalue weighted by Crippen LogP contribution is -3.00. The monoisotopic (exact) mass is 450 g/mol. The maximum Gasteiger partial charge on any atom is 0.460 e. The highest BCUT2D eigenvalue weighted by atomic mass is 35.5. The number of hydrogen-bond donors (Lipinski definition) is 0. The van der Waals surface area contributed by atoms with Crippen molar-refractivity contribution in [1.82, 2.24) is 4.57 Å². The average Bonchev–Trinajstić information content (AvgIpc) is 2.78. The Kier molecular flexibility index (Phi) is 5.74. The van der Waals surface area contributed by atoms with Crippen LogP contribution < -0.4 is 17.0 Å². The number of alkyl halides is 11. The molecule has 0 saturated heterocycles. The number of rotatable bonds is 4. The largest absolute Gasteiger partial charge is 1.00 e. The summed E-state index contributed by atoms with van der Waals surface area (Å²) in [5.41, 5.74) is -0.340. The van der Waals surface area contributed by atoms with E-state index < -0.39 is 35.7 Å². The number of hydrogen-bond acceptors (Lipinski definition) is 0. The summed E-state index contributed by atoms with van der Waals surface area (Å²) in [6, 6.07) is 4.84. The van der Waals surface area contributed by atoms with Crippen LogP contribution in [0.1, 0.15) is 5.82 Å². The summed E-state index contributed by atoms with van der Waals surface area (Å²) in [6.45, 7) is 0. The van der Waals surface area contributed by atoms with Gasteiger partial charge in [0, 0.05) is 0 Å². The summed E-state index contributed by atoms with van der Waals surface area (Å²) in [5.74, 6) is -29.9. The highest BCUT2D eigenvalue weighted by Crippen LogP contribution is 2.59. The Morgan fingerprint density at radius 1 is 0.750 bits per heavy atom. The SMILES string of the molecule is Cn1c(C(F)(F)C(F)(F)C(F)(F)C(F)(F)C(F)(F)F)[n+](C)c2ccccc21.[Cl-]. The number of imidazole rings is 1. The third-order valence-corrected chi connectivity index (χ3v) is 4.06. The Morgan fingerprint density at radius 3 is 1.64 bits per heavy atom. The molecule has 0 N–H and O–H groups in total. The predicted octanol–water partition coefficient (Wildman–Crippen LogP) is 1.57. The van der Waals surface area contributed by atoms with E-state index in [0.717, 1.165) is 26.2 Å². The molecule has 0 bridgehead atoms. The number of aromatic nitrogens is 2. The molecule has 0 spiro atoms. The van der Waals surface area contributed by atoms with E-state index in [4.69, 9.17) is 0 Å². The summed E-state index contributed by atoms with van der Waals surface area (Å²) >= 11 is 0. The lowest BCUT2D eigenvalue weighted by Gasteiger charge is -2.35. The first-order chi connectivity index (χ1) is 11.9. The zero-order valence-electron chi connectivity index (χ0n) is 13.7. The molecule has 0 atom stereocenters. The van der Waals surface area contributed by atoms with Crippen molar-refractivity contribution >= 4 is 11.0 Å². The van der Waals surface area contributed by atoms with Crippen LogP contribution in [0.2, 0.25) is 0 Å². The topological polar surface area (TPSA) is 8.81 Å². The number of halogens is 12. The van der Waals surface area contributed by atoms with Gasteiger partial charge in [0.25, 0.3) is 0 Å². The zero-order chi connectivity index (χ0) is 21.2. The van der Waals surface area contributed by atoms with Gasteiger partial charge in [0.2, 0.25) is 0 Å². The van der Waals surface area contributed by atoms with Gasteiger partial charge < -0.3 is 12.4 Å². The first kappa shape index (κ1) is 24.2. The van der Waals surface area contributed by atoms with E-state index in [1.807, 2.05) is 0 Å². The molecule has 0 fully saturated rings. The number of benzene rings is 1. The summed E-state index contributed by atoms with van der Waals surface area (Å²) in [4.78, 5) is 0. The number of aryl methyl sites for hydroxylation is 2. The van der Waals surface area contributed by atoms with Crippen LogP contribution in [0.4, 0.5) is 48.3 Å². The first-order valence-corrected chi connectivity index (χ1v) is 6.95. The number of para-hydroxylation sites is 2. The molecule has 0 aliphatic heterocycles. The third-order valence-electron chi connectivity index (χ3n) is 4.06. The average molecular weight is 451 g/mol. The fraction of sp³-hybridized carbons (Fsp3) is 0.500. The van der Waals surface area contributed by atoms with Crippen LogP contribution in [0.3, 0.4) is 0 Å². The highest BCUT2D eigenvalue weighted by molar-refractivity contribution is 5.72. The van der Waals surface area contributed by atoms with Gasteiger partial charge in [-0.3, -0.25) is 0 Å². The number of fused-ring (bicyclic) bond motifs is 1. The first-order valence-electron chi connectivity index (χ1n) is 6.95. The van der Waals surface area contributed by atoms with Crippen molar-refractivity contribution in [1.29, 1.82) is 0 Å². The van der Waals surface area contributed by atoms with Gasteiger partial charge in [0.05, 0.1) is 14.1 Å². The van der Waals surface area contributed by atoms with E-state index in [0.29, 0.717) is 9.13 Å². The Labute approximate surface area is 155 Å². The molecule has 0 radical (unpaired) electrons. The standard InChI is InChI=1S/C14H10F11N2.ClH/c1-26-7-5-3-4-6-8(7)27(2)9(26)10(15,16)11(17,18)12(19,20)13(21,22)14(23,24)25;/h3-6H,1-2H3;1H/q+1;/p-1. The van der Waals surface area contributed by atoms with Gasteiger partial charge in [0.1, 0.15) is 0 Å². The molecule has 2 nitrogen and oxygen atoms in total. The normalized spacial score (nSPS) is 14.3. The smallest absolute Gasteiger partial charge is 0.460 e. The van der Waals surface area contributed by atoms with Crippen molar-refractivity contribution in [3.63, 3.8) is 0 Å². The van der Waals surface area contributed by atoms with Crippen molar-refractivity contribution < 1.29 is 65.3 Å². The van der Waals surface area contributed by atoms with Crippen molar-refractivity contribution in [2.75, 3.05) is 0 Å². The van der Waals surface area contributed by atoms with Gasteiger partial charge in [-0.1, -0.05) is 12.1 Å². The molecule has 1 heterocycles. The maximum absolute atomic E-state index is 14.3. The minimum absolute atomic E-state index is 0. The van der Waals surface area contributed by atoms with Crippen LogP contribution in [0.5, 0.6) is 0 Å². The van der Waals surface area contributed by atoms with Crippen molar-refractivity contribution in [2.45, 2.75) is 29.9 Å². The van der Waals surface area contributed by atoms with Gasteiger partial charge in [-0.15, -0.1) is 0 Å². The zero-order valence-corrected chi connectivity index (χ0v) is 14.5. The van der Waals surface area contributed by atoms with Crippen molar-refractivity contribution in [3.05, 3.63) is 30.1 Å². The summed E-state index contributed by atoms with van der Waals surface area (Å²) in [5, 5.41) is 0. The Hall–Kier alpha value is -1.79. The molecule has 0 aliphatic carbocycles. The summed E-state index contributed by atoms with van der Waals surface area (Å²) in [7, 11) is 1.50. The third kappa shape index (κ3) is 2.89. The van der Waals surface area contributed by atoms with Crippen molar-refractivity contribution in [3.8, 4) is 0 Å². The van der Waals surface area contributed by atoms with E-state index in [1.54, 1.807) is 0 Å². The van der Waals surface area contributed by atoms with Gasteiger partial charge in [-0.25, -0.2) is 9.13 Å². The molecular weight excluding hydrogens is 441 g/mol. The lowest BCUT2D eigenvalue weighted by molar-refractivity contribution is -0.668. The van der Waals surface area contributed by atoms with Gasteiger partial charge >= 0.3 is 35.7 Å². The van der Waals surface area contributed by atoms with Crippen LogP contribution in [0.25, 0.3) is 11.0 Å². The van der Waals surface area contributed by atoms with Gasteiger partial charge in [0.15, 0.2) is 11.0 Å². The number of nitrogens with zero attached hydrogens (tertiary/aromatic N) is 2. The van der Waals surface area contributed by atoms with Crippen LogP contribution in [0.15, 0.2) is 24.3 Å². The van der Waals surface area contributed by atoms with Crippen LogP contribution in [-0.2, 0) is 20.0 Å². The molecule has 2 aromatic rings. The van der Waals surface area contributed by atoms with Crippen LogP contribution in [-0.4, -0.2) is 28.5 Å². The maximum atomic E-state index is 14.3. The minimum atomic E-state index is -7.44. The van der Waals surface area contributed by atoms with Gasteiger partial charge in [-0.2, -0.15) is 48.3 Å². The quantitative estimate of drug-likeness (QED) is 0.494. The second-order valence-corrected chi connectivity index (χ2v) is 5.73. The molecule has 0 aliphatic rings. The molecule has 160 valence electrons. The summed E-state index contributed by atoms with van der Waals surface area (Å²) in [6.07, 6.45) is -7.18. The molecular formula is C14H10ClF11N2. The molecule has 1 aromatic heterocycles. The summed E-state index contributed by atoms with van der Waals surface area (Å²) < 4.78 is 146. The van der Waals surface area contributed by atoms with Gasteiger partial charge in [-0.05, 0) is 12.1 Å². The fourth-order valence-corrected chi connectivity index (χ4v) is 2.62. The molecule has 0 unspecified atom stereocenters. The fourth-order valence-electron chi connectivity index (χ4n) is 2.62. The molecule has 14 heteroatoms. The Morgan fingerprint density at radius 2 is 1.21 bits per heavy atom. The molecule has 28 heavy (non-hydrogen) atoms. The molecule has 0 amide bonds.